The average Bonchev–Trinajstić information content (AvgIpc) is 2.36. The number of amides is 1. The SMILES string of the molecule is COC1C(=O)N2c3ccccc3SCC12SC. The third kappa shape index (κ3) is 1.33. The smallest absolute Gasteiger partial charge is 0.260 e. The number of carbonyl (C=O) groups is 1. The Morgan fingerprint density at radius 3 is 3.00 bits per heavy atom. The number of hydrogen-bond acceptors (Lipinski definition) is 4. The van der Waals surface area contributed by atoms with Crippen molar-refractivity contribution in [3.05, 3.63) is 24.3 Å². The molecular formula is C12H13NO2S2. The number of nitrogens with zero attached hydrogens (tertiary/aromatic N) is 1. The molecule has 0 saturated carbocycles. The number of rotatable bonds is 2. The molecule has 1 aromatic rings. The summed E-state index contributed by atoms with van der Waals surface area (Å²) < 4.78 is 5.35. The molecule has 3 rings (SSSR count). The summed E-state index contributed by atoms with van der Waals surface area (Å²) in [6, 6.07) is 8.06. The molecule has 2 atom stereocenters. The van der Waals surface area contributed by atoms with Gasteiger partial charge in [-0.25, -0.2) is 0 Å². The molecule has 2 heterocycles. The summed E-state index contributed by atoms with van der Waals surface area (Å²) in [6.45, 7) is 0. The number of para-hydroxylation sites is 1. The average molecular weight is 267 g/mol. The van der Waals surface area contributed by atoms with Crippen LogP contribution in [0.5, 0.6) is 0 Å². The van der Waals surface area contributed by atoms with Gasteiger partial charge in [0.25, 0.3) is 5.91 Å². The van der Waals surface area contributed by atoms with Gasteiger partial charge >= 0.3 is 0 Å². The first-order chi connectivity index (χ1) is 8.24. The lowest BCUT2D eigenvalue weighted by Gasteiger charge is -2.57. The Hall–Kier alpha value is -0.650. The van der Waals surface area contributed by atoms with Crippen molar-refractivity contribution in [2.45, 2.75) is 15.9 Å². The van der Waals surface area contributed by atoms with E-state index in [1.807, 2.05) is 29.4 Å². The third-order valence-electron chi connectivity index (χ3n) is 3.36. The summed E-state index contributed by atoms with van der Waals surface area (Å²) in [4.78, 5) is 15.0. The highest BCUT2D eigenvalue weighted by Gasteiger charge is 2.63. The minimum atomic E-state index is -0.307. The van der Waals surface area contributed by atoms with E-state index >= 15 is 0 Å². The first kappa shape index (κ1) is 11.4. The van der Waals surface area contributed by atoms with Gasteiger partial charge in [-0.15, -0.1) is 23.5 Å². The number of ether oxygens (including phenoxy) is 1. The normalized spacial score (nSPS) is 30.6. The fraction of sp³-hybridized carbons (Fsp3) is 0.417. The van der Waals surface area contributed by atoms with Gasteiger partial charge in [0, 0.05) is 17.8 Å². The summed E-state index contributed by atoms with van der Waals surface area (Å²) in [7, 11) is 1.61. The van der Waals surface area contributed by atoms with Crippen LogP contribution >= 0.6 is 23.5 Å². The second kappa shape index (κ2) is 3.93. The molecule has 1 aromatic carbocycles. The van der Waals surface area contributed by atoms with Gasteiger partial charge < -0.3 is 4.74 Å². The first-order valence-electron chi connectivity index (χ1n) is 5.38. The van der Waals surface area contributed by atoms with Gasteiger partial charge in [0.1, 0.15) is 4.87 Å². The maximum atomic E-state index is 12.1. The van der Waals surface area contributed by atoms with Crippen LogP contribution in [-0.2, 0) is 9.53 Å². The van der Waals surface area contributed by atoms with Crippen LogP contribution in [0.25, 0.3) is 0 Å². The van der Waals surface area contributed by atoms with Crippen LogP contribution in [0.3, 0.4) is 0 Å². The molecule has 3 nitrogen and oxygen atoms in total. The molecule has 2 aliphatic heterocycles. The zero-order valence-electron chi connectivity index (χ0n) is 9.67. The van der Waals surface area contributed by atoms with Crippen LogP contribution in [0.2, 0.25) is 0 Å². The van der Waals surface area contributed by atoms with Crippen LogP contribution < -0.4 is 4.90 Å². The van der Waals surface area contributed by atoms with Gasteiger partial charge in [0.15, 0.2) is 6.10 Å². The summed E-state index contributed by atoms with van der Waals surface area (Å²) in [5, 5.41) is 0. The van der Waals surface area contributed by atoms with Crippen LogP contribution in [-0.4, -0.2) is 36.0 Å². The van der Waals surface area contributed by atoms with Crippen molar-refractivity contribution >= 4 is 35.1 Å². The molecule has 0 aromatic heterocycles. The van der Waals surface area contributed by atoms with Crippen molar-refractivity contribution in [1.29, 1.82) is 0 Å². The van der Waals surface area contributed by atoms with Crippen molar-refractivity contribution in [1.82, 2.24) is 0 Å². The number of hydrogen-bond donors (Lipinski definition) is 0. The van der Waals surface area contributed by atoms with Crippen molar-refractivity contribution in [2.24, 2.45) is 0 Å². The van der Waals surface area contributed by atoms with Crippen molar-refractivity contribution < 1.29 is 9.53 Å². The van der Waals surface area contributed by atoms with E-state index in [2.05, 4.69) is 6.07 Å². The highest BCUT2D eigenvalue weighted by atomic mass is 32.2. The minimum Gasteiger partial charge on any atom is -0.368 e. The highest BCUT2D eigenvalue weighted by Crippen LogP contribution is 2.54. The van der Waals surface area contributed by atoms with Crippen molar-refractivity contribution in [2.75, 3.05) is 24.0 Å². The standard InChI is InChI=1S/C12H13NO2S2/c1-15-10-11(14)13-8-5-3-4-6-9(8)17-7-12(10,13)16-2/h3-6,10H,7H2,1-2H3. The number of fused-ring (bicyclic) bond motifs is 3. The zero-order valence-corrected chi connectivity index (χ0v) is 11.3. The molecule has 0 N–H and O–H groups in total. The molecule has 1 saturated heterocycles. The molecule has 0 bridgehead atoms. The van der Waals surface area contributed by atoms with Crippen molar-refractivity contribution in [3.63, 3.8) is 0 Å². The van der Waals surface area contributed by atoms with Gasteiger partial charge in [-0.05, 0) is 18.4 Å². The molecule has 2 unspecified atom stereocenters. The van der Waals surface area contributed by atoms with Gasteiger partial charge in [0.05, 0.1) is 5.69 Å². The molecule has 2 aliphatic rings. The van der Waals surface area contributed by atoms with Crippen LogP contribution in [0, 0.1) is 0 Å². The number of β-lactam (4-membered cyclic amide) rings is 1. The third-order valence-corrected chi connectivity index (χ3v) is 6.03. The lowest BCUT2D eigenvalue weighted by molar-refractivity contribution is -0.140. The van der Waals surface area contributed by atoms with E-state index < -0.39 is 0 Å². The summed E-state index contributed by atoms with van der Waals surface area (Å²) in [6.07, 6.45) is 1.73. The van der Waals surface area contributed by atoms with E-state index in [1.54, 1.807) is 30.6 Å². The monoisotopic (exact) mass is 267 g/mol. The van der Waals surface area contributed by atoms with E-state index in [0.29, 0.717) is 0 Å². The predicted molar refractivity (Wildman–Crippen MR) is 71.7 cm³/mol. The van der Waals surface area contributed by atoms with Crippen LogP contribution in [0.1, 0.15) is 0 Å². The largest absolute Gasteiger partial charge is 0.368 e. The van der Waals surface area contributed by atoms with E-state index in [9.17, 15) is 4.79 Å². The Morgan fingerprint density at radius 2 is 2.29 bits per heavy atom. The molecule has 17 heavy (non-hydrogen) atoms. The van der Waals surface area contributed by atoms with E-state index in [1.165, 1.54) is 4.90 Å². The van der Waals surface area contributed by atoms with Crippen molar-refractivity contribution in [3.8, 4) is 0 Å². The highest BCUT2D eigenvalue weighted by molar-refractivity contribution is 8.04. The molecule has 0 radical (unpaired) electrons. The maximum Gasteiger partial charge on any atom is 0.260 e. The lowest BCUT2D eigenvalue weighted by atomic mass is 9.96. The molecule has 0 aliphatic carbocycles. The number of thioether (sulfide) groups is 2. The topological polar surface area (TPSA) is 29.5 Å². The fourth-order valence-corrected chi connectivity index (χ4v) is 5.05. The second-order valence-electron chi connectivity index (χ2n) is 4.09. The Kier molecular flexibility index (Phi) is 2.65. The molecule has 1 amide bonds. The first-order valence-corrected chi connectivity index (χ1v) is 7.59. The summed E-state index contributed by atoms with van der Waals surface area (Å²) >= 11 is 3.50. The predicted octanol–water partition coefficient (Wildman–Crippen LogP) is 2.21. The number of carbonyl (C=O) groups excluding carboxylic acids is 1. The molecule has 90 valence electrons. The molecule has 1 fully saturated rings. The fourth-order valence-electron chi connectivity index (χ4n) is 2.50. The van der Waals surface area contributed by atoms with E-state index in [0.717, 1.165) is 11.4 Å². The number of benzene rings is 1. The quantitative estimate of drug-likeness (QED) is 0.768. The summed E-state index contributed by atoms with van der Waals surface area (Å²) in [5.74, 6) is 0.963. The minimum absolute atomic E-state index is 0.0783. The second-order valence-corrected chi connectivity index (χ2v) is 6.23. The molecule has 5 heteroatoms. The maximum absolute atomic E-state index is 12.1. The number of anilines is 1. The van der Waals surface area contributed by atoms with Crippen LogP contribution in [0.4, 0.5) is 5.69 Å². The zero-order chi connectivity index (χ0) is 12.0. The molecule has 0 spiro atoms. The molecular weight excluding hydrogens is 254 g/mol. The number of methoxy groups -OCH3 is 1. The summed E-state index contributed by atoms with van der Waals surface area (Å²) in [5.41, 5.74) is 1.02. The van der Waals surface area contributed by atoms with E-state index in [4.69, 9.17) is 4.74 Å². The van der Waals surface area contributed by atoms with Crippen LogP contribution in [0.15, 0.2) is 29.2 Å². The Balaban J connectivity index is 2.08. The van der Waals surface area contributed by atoms with Gasteiger partial charge in [-0.2, -0.15) is 0 Å². The Bertz CT molecular complexity index is 479. The Labute approximate surface area is 109 Å². The van der Waals surface area contributed by atoms with E-state index in [-0.39, 0.29) is 16.9 Å². The lowest BCUT2D eigenvalue weighted by Crippen LogP contribution is -2.76. The Morgan fingerprint density at radius 1 is 1.53 bits per heavy atom. The van der Waals surface area contributed by atoms with Gasteiger partial charge in [-0.3, -0.25) is 9.69 Å². The van der Waals surface area contributed by atoms with Gasteiger partial charge in [-0.1, -0.05) is 12.1 Å². The van der Waals surface area contributed by atoms with Gasteiger partial charge in [0.2, 0.25) is 0 Å².